The molecule has 0 radical (unpaired) electrons. The van der Waals surface area contributed by atoms with Crippen LogP contribution in [0.25, 0.3) is 0 Å². The molecule has 0 aliphatic carbocycles. The fraction of sp³-hybridized carbons (Fsp3) is 0.0952. The van der Waals surface area contributed by atoms with Crippen LogP contribution in [0, 0.1) is 5.82 Å². The highest BCUT2D eigenvalue weighted by atomic mass is 35.5. The lowest BCUT2D eigenvalue weighted by Gasteiger charge is -2.11. The Morgan fingerprint density at radius 1 is 0.926 bits per heavy atom. The average molecular weight is 404 g/mol. The van der Waals surface area contributed by atoms with Crippen molar-refractivity contribution in [2.45, 2.75) is 6.61 Å². The number of aliphatic imine (C=N–C) groups is 1. The zero-order valence-corrected chi connectivity index (χ0v) is 16.0. The summed E-state index contributed by atoms with van der Waals surface area (Å²) in [5.41, 5.74) is 2.35. The van der Waals surface area contributed by atoms with Gasteiger partial charge < -0.3 is 9.47 Å². The highest BCUT2D eigenvalue weighted by Crippen LogP contribution is 2.29. The van der Waals surface area contributed by atoms with Crippen molar-refractivity contribution in [1.29, 1.82) is 0 Å². The predicted molar refractivity (Wildman–Crippen MR) is 107 cm³/mol. The number of halogens is 3. The molecule has 0 amide bonds. The molecular weight excluding hydrogens is 388 g/mol. The first-order valence-corrected chi connectivity index (χ1v) is 8.84. The van der Waals surface area contributed by atoms with E-state index >= 15 is 0 Å². The zero-order valence-electron chi connectivity index (χ0n) is 14.5. The minimum Gasteiger partial charge on any atom is -0.493 e. The largest absolute Gasteiger partial charge is 0.493 e. The molecule has 3 aromatic carbocycles. The van der Waals surface area contributed by atoms with E-state index in [0.29, 0.717) is 33.8 Å². The van der Waals surface area contributed by atoms with E-state index in [-0.39, 0.29) is 5.82 Å². The molecule has 6 heteroatoms. The molecule has 0 N–H and O–H groups in total. The molecule has 3 rings (SSSR count). The van der Waals surface area contributed by atoms with E-state index in [1.165, 1.54) is 12.1 Å². The topological polar surface area (TPSA) is 30.8 Å². The number of methoxy groups -OCH3 is 1. The fourth-order valence-corrected chi connectivity index (χ4v) is 2.90. The molecule has 27 heavy (non-hydrogen) atoms. The van der Waals surface area contributed by atoms with Crippen LogP contribution in [-0.4, -0.2) is 13.3 Å². The van der Waals surface area contributed by atoms with Crippen LogP contribution in [0.4, 0.5) is 10.1 Å². The first kappa shape index (κ1) is 19.2. The maximum absolute atomic E-state index is 13.0. The van der Waals surface area contributed by atoms with Gasteiger partial charge in [0.25, 0.3) is 0 Å². The third-order valence-corrected chi connectivity index (χ3v) is 4.14. The Hall–Kier alpha value is -2.56. The van der Waals surface area contributed by atoms with E-state index < -0.39 is 0 Å². The predicted octanol–water partition coefficient (Wildman–Crippen LogP) is 6.47. The number of rotatable bonds is 6. The molecule has 0 aliphatic rings. The van der Waals surface area contributed by atoms with E-state index in [2.05, 4.69) is 4.99 Å². The Balaban J connectivity index is 1.73. The van der Waals surface area contributed by atoms with Crippen molar-refractivity contribution >= 4 is 35.1 Å². The van der Waals surface area contributed by atoms with Gasteiger partial charge in [-0.1, -0.05) is 35.3 Å². The molecular formula is C21H16Cl2FNO2. The third-order valence-electron chi connectivity index (χ3n) is 3.71. The van der Waals surface area contributed by atoms with E-state index in [9.17, 15) is 4.39 Å². The van der Waals surface area contributed by atoms with Crippen LogP contribution < -0.4 is 9.47 Å². The van der Waals surface area contributed by atoms with E-state index in [1.807, 2.05) is 12.1 Å². The lowest BCUT2D eigenvalue weighted by Crippen LogP contribution is -1.98. The maximum Gasteiger partial charge on any atom is 0.161 e. The summed E-state index contributed by atoms with van der Waals surface area (Å²) in [5, 5.41) is 1.05. The Labute approximate surface area is 167 Å². The summed E-state index contributed by atoms with van der Waals surface area (Å²) >= 11 is 12.0. The van der Waals surface area contributed by atoms with Crippen molar-refractivity contribution in [3.8, 4) is 11.5 Å². The standard InChI is InChI=1S/C21H16Cl2FNO2/c1-26-21-8-15(12-25-19-10-16(22)9-17(23)11-19)4-7-20(21)27-13-14-2-5-18(24)6-3-14/h2-12H,13H2,1H3. The second kappa shape index (κ2) is 8.89. The minimum absolute atomic E-state index is 0.277. The van der Waals surface area contributed by atoms with Gasteiger partial charge in [0.15, 0.2) is 11.5 Å². The van der Waals surface area contributed by atoms with Crippen LogP contribution in [0.1, 0.15) is 11.1 Å². The van der Waals surface area contributed by atoms with Gasteiger partial charge in [0, 0.05) is 16.3 Å². The summed E-state index contributed by atoms with van der Waals surface area (Å²) in [6.45, 7) is 0.311. The first-order chi connectivity index (χ1) is 13.0. The second-order valence-electron chi connectivity index (χ2n) is 5.71. The summed E-state index contributed by atoms with van der Waals surface area (Å²) in [5.74, 6) is 0.885. The number of nitrogens with zero attached hydrogens (tertiary/aromatic N) is 1. The zero-order chi connectivity index (χ0) is 19.2. The van der Waals surface area contributed by atoms with E-state index in [0.717, 1.165) is 11.1 Å². The minimum atomic E-state index is -0.277. The van der Waals surface area contributed by atoms with Gasteiger partial charge in [-0.15, -0.1) is 0 Å². The third kappa shape index (κ3) is 5.46. The van der Waals surface area contributed by atoms with Crippen molar-refractivity contribution in [3.63, 3.8) is 0 Å². The van der Waals surface area contributed by atoms with Gasteiger partial charge in [0.1, 0.15) is 12.4 Å². The Morgan fingerprint density at radius 3 is 2.30 bits per heavy atom. The van der Waals surface area contributed by atoms with Crippen LogP contribution in [0.15, 0.2) is 65.7 Å². The lowest BCUT2D eigenvalue weighted by atomic mass is 10.2. The molecule has 0 bridgehead atoms. The molecule has 3 aromatic rings. The highest BCUT2D eigenvalue weighted by Gasteiger charge is 2.06. The molecule has 0 aliphatic heterocycles. The molecule has 0 saturated carbocycles. The summed E-state index contributed by atoms with van der Waals surface area (Å²) in [6.07, 6.45) is 1.69. The summed E-state index contributed by atoms with van der Waals surface area (Å²) in [6, 6.07) is 16.7. The normalized spacial score (nSPS) is 11.0. The summed E-state index contributed by atoms with van der Waals surface area (Å²) in [4.78, 5) is 4.38. The van der Waals surface area contributed by atoms with Gasteiger partial charge in [-0.05, 0) is 59.7 Å². The number of hydrogen-bond acceptors (Lipinski definition) is 3. The Kier molecular flexibility index (Phi) is 6.32. The van der Waals surface area contributed by atoms with Crippen molar-refractivity contribution in [2.75, 3.05) is 7.11 Å². The van der Waals surface area contributed by atoms with Gasteiger partial charge in [0.05, 0.1) is 12.8 Å². The number of ether oxygens (including phenoxy) is 2. The molecule has 0 unspecified atom stereocenters. The molecule has 0 atom stereocenters. The van der Waals surface area contributed by atoms with Gasteiger partial charge >= 0.3 is 0 Å². The highest BCUT2D eigenvalue weighted by molar-refractivity contribution is 6.35. The smallest absolute Gasteiger partial charge is 0.161 e. The van der Waals surface area contributed by atoms with Crippen LogP contribution >= 0.6 is 23.2 Å². The Bertz CT molecular complexity index is 939. The van der Waals surface area contributed by atoms with E-state index in [1.54, 1.807) is 49.7 Å². The van der Waals surface area contributed by atoms with Gasteiger partial charge in [-0.3, -0.25) is 4.99 Å². The Morgan fingerprint density at radius 2 is 1.63 bits per heavy atom. The monoisotopic (exact) mass is 403 g/mol. The van der Waals surface area contributed by atoms with Crippen LogP contribution in [0.3, 0.4) is 0 Å². The fourth-order valence-electron chi connectivity index (χ4n) is 2.39. The van der Waals surface area contributed by atoms with Crippen LogP contribution in [0.2, 0.25) is 10.0 Å². The molecule has 0 spiro atoms. The second-order valence-corrected chi connectivity index (χ2v) is 6.58. The number of benzene rings is 3. The molecule has 138 valence electrons. The van der Waals surface area contributed by atoms with E-state index in [4.69, 9.17) is 32.7 Å². The SMILES string of the molecule is COc1cc(C=Nc2cc(Cl)cc(Cl)c2)ccc1OCc1ccc(F)cc1. The van der Waals surface area contributed by atoms with Crippen molar-refractivity contribution in [3.05, 3.63) is 87.7 Å². The quantitative estimate of drug-likeness (QED) is 0.441. The molecule has 3 nitrogen and oxygen atoms in total. The van der Waals surface area contributed by atoms with Crippen molar-refractivity contribution in [2.24, 2.45) is 4.99 Å². The van der Waals surface area contributed by atoms with Crippen molar-refractivity contribution in [1.82, 2.24) is 0 Å². The van der Waals surface area contributed by atoms with Gasteiger partial charge in [-0.2, -0.15) is 0 Å². The summed E-state index contributed by atoms with van der Waals surface area (Å²) in [7, 11) is 1.57. The number of hydrogen-bond donors (Lipinski definition) is 0. The summed E-state index contributed by atoms with van der Waals surface area (Å²) < 4.78 is 24.1. The molecule has 0 heterocycles. The average Bonchev–Trinajstić information content (AvgIpc) is 2.65. The molecule has 0 aromatic heterocycles. The van der Waals surface area contributed by atoms with Crippen LogP contribution in [0.5, 0.6) is 11.5 Å². The van der Waals surface area contributed by atoms with Gasteiger partial charge in [-0.25, -0.2) is 4.39 Å². The maximum atomic E-state index is 13.0. The van der Waals surface area contributed by atoms with Crippen molar-refractivity contribution < 1.29 is 13.9 Å². The van der Waals surface area contributed by atoms with Crippen LogP contribution in [-0.2, 0) is 6.61 Å². The lowest BCUT2D eigenvalue weighted by molar-refractivity contribution is 0.284. The first-order valence-electron chi connectivity index (χ1n) is 8.09. The molecule has 0 saturated heterocycles. The van der Waals surface area contributed by atoms with Gasteiger partial charge in [0.2, 0.25) is 0 Å². The molecule has 0 fully saturated rings.